The molecule has 3 aromatic rings. The summed E-state index contributed by atoms with van der Waals surface area (Å²) in [5.74, 6) is -0.531. The second-order valence-electron chi connectivity index (χ2n) is 8.90. The van der Waals surface area contributed by atoms with Crippen LogP contribution in [-0.2, 0) is 26.2 Å². The van der Waals surface area contributed by atoms with Crippen molar-refractivity contribution in [3.63, 3.8) is 0 Å². The first-order chi connectivity index (χ1) is 19.9. The Morgan fingerprint density at radius 2 is 1.50 bits per heavy atom. The predicted octanol–water partition coefficient (Wildman–Crippen LogP) is 5.03. The summed E-state index contributed by atoms with van der Waals surface area (Å²) >= 11 is 18.5. The van der Waals surface area contributed by atoms with Crippen LogP contribution in [0.1, 0.15) is 12.5 Å². The Morgan fingerprint density at radius 3 is 2.10 bits per heavy atom. The average Bonchev–Trinajstić information content (AvgIpc) is 2.98. The lowest BCUT2D eigenvalue weighted by molar-refractivity contribution is -0.139. The van der Waals surface area contributed by atoms with E-state index in [9.17, 15) is 18.0 Å². The van der Waals surface area contributed by atoms with Crippen LogP contribution in [0.3, 0.4) is 0 Å². The fourth-order valence-corrected chi connectivity index (χ4v) is 6.02. The Bertz CT molecular complexity index is 1570. The molecule has 3 aromatic carbocycles. The molecule has 10 nitrogen and oxygen atoms in total. The Balaban J connectivity index is 2.16. The van der Waals surface area contributed by atoms with Crippen LogP contribution in [0.4, 0.5) is 5.69 Å². The van der Waals surface area contributed by atoms with Gasteiger partial charge in [0.15, 0.2) is 11.5 Å². The number of carbonyl (C=O) groups is 2. The van der Waals surface area contributed by atoms with E-state index in [0.717, 1.165) is 4.31 Å². The summed E-state index contributed by atoms with van der Waals surface area (Å²) in [5, 5.41) is 3.30. The Hall–Kier alpha value is -3.38. The first-order valence-electron chi connectivity index (χ1n) is 12.4. The summed E-state index contributed by atoms with van der Waals surface area (Å²) in [6.45, 7) is 0.749. The topological polar surface area (TPSA) is 114 Å². The number of carbonyl (C=O) groups excluding carboxylic acids is 2. The summed E-state index contributed by atoms with van der Waals surface area (Å²) in [6, 6.07) is 12.2. The zero-order valence-electron chi connectivity index (χ0n) is 23.5. The number of ether oxygens (including phenoxy) is 3. The molecule has 0 saturated carbocycles. The number of halogens is 3. The van der Waals surface area contributed by atoms with Crippen LogP contribution >= 0.6 is 34.8 Å². The molecule has 3 rings (SSSR count). The van der Waals surface area contributed by atoms with Gasteiger partial charge in [0.25, 0.3) is 10.0 Å². The van der Waals surface area contributed by atoms with Gasteiger partial charge in [-0.15, -0.1) is 0 Å². The van der Waals surface area contributed by atoms with Crippen molar-refractivity contribution < 1.29 is 32.2 Å². The van der Waals surface area contributed by atoms with E-state index in [4.69, 9.17) is 49.0 Å². The number of hydrogen-bond donors (Lipinski definition) is 1. The van der Waals surface area contributed by atoms with Gasteiger partial charge in [-0.25, -0.2) is 8.42 Å². The van der Waals surface area contributed by atoms with Crippen LogP contribution < -0.4 is 23.8 Å². The number of nitrogens with zero attached hydrogens (tertiary/aromatic N) is 2. The van der Waals surface area contributed by atoms with Crippen molar-refractivity contribution >= 4 is 62.3 Å². The molecule has 14 heteroatoms. The summed E-state index contributed by atoms with van der Waals surface area (Å²) < 4.78 is 45.2. The van der Waals surface area contributed by atoms with Gasteiger partial charge in [-0.3, -0.25) is 13.9 Å². The van der Waals surface area contributed by atoms with Crippen LogP contribution in [-0.4, -0.2) is 66.1 Å². The molecule has 0 spiro atoms. The highest BCUT2D eigenvalue weighted by molar-refractivity contribution is 7.92. The highest BCUT2D eigenvalue weighted by Gasteiger charge is 2.34. The quantitative estimate of drug-likeness (QED) is 0.290. The normalized spacial score (nSPS) is 11.8. The molecule has 0 aliphatic rings. The SMILES string of the molecule is CNC(=O)[C@@H](C)N(Cc1ccc(Cl)c(Cl)c1)C(=O)CN(c1cc(Cl)ccc1OC)S(=O)(=O)c1ccc(OC)c(OC)c1. The van der Waals surface area contributed by atoms with Crippen molar-refractivity contribution in [1.82, 2.24) is 10.2 Å². The van der Waals surface area contributed by atoms with Crippen molar-refractivity contribution in [3.8, 4) is 17.2 Å². The fourth-order valence-electron chi connectivity index (χ4n) is 4.10. The number of rotatable bonds is 12. The van der Waals surface area contributed by atoms with E-state index in [-0.39, 0.29) is 38.7 Å². The molecule has 0 radical (unpaired) electrons. The number of anilines is 1. The van der Waals surface area contributed by atoms with Crippen molar-refractivity contribution in [3.05, 3.63) is 75.2 Å². The zero-order chi connectivity index (χ0) is 31.2. The first kappa shape index (κ1) is 33.1. The number of sulfonamides is 1. The number of amides is 2. The molecule has 0 unspecified atom stereocenters. The Labute approximate surface area is 260 Å². The van der Waals surface area contributed by atoms with E-state index in [1.165, 1.54) is 76.6 Å². The van der Waals surface area contributed by atoms with E-state index in [0.29, 0.717) is 16.3 Å². The molecule has 1 atom stereocenters. The number of hydrogen-bond acceptors (Lipinski definition) is 7. The molecular formula is C28H30Cl3N3O7S. The van der Waals surface area contributed by atoms with Crippen LogP contribution in [0.15, 0.2) is 59.5 Å². The van der Waals surface area contributed by atoms with Crippen LogP contribution in [0, 0.1) is 0 Å². The third-order valence-electron chi connectivity index (χ3n) is 6.38. The van der Waals surface area contributed by atoms with Gasteiger partial charge in [-0.05, 0) is 55.0 Å². The highest BCUT2D eigenvalue weighted by atomic mass is 35.5. The van der Waals surface area contributed by atoms with Gasteiger partial charge in [-0.2, -0.15) is 0 Å². The van der Waals surface area contributed by atoms with E-state index < -0.39 is 34.4 Å². The Kier molecular flexibility index (Phi) is 11.2. The maximum atomic E-state index is 14.2. The van der Waals surface area contributed by atoms with E-state index >= 15 is 0 Å². The standard InChI is InChI=1S/C28H30Cl3N3O7S/c1-17(28(36)32-2)33(15-18-6-9-21(30)22(31)12-18)27(35)16-34(23-13-19(29)7-10-24(23)39-3)42(37,38)20-8-11-25(40-4)26(14-20)41-5/h6-14,17H,15-16H2,1-5H3,(H,32,36)/t17-/m1/s1. The molecule has 2 amide bonds. The van der Waals surface area contributed by atoms with Gasteiger partial charge in [0.05, 0.1) is 42.0 Å². The lowest BCUT2D eigenvalue weighted by Gasteiger charge is -2.32. The second-order valence-corrected chi connectivity index (χ2v) is 12.0. The highest BCUT2D eigenvalue weighted by Crippen LogP contribution is 2.37. The first-order valence-corrected chi connectivity index (χ1v) is 15.0. The molecule has 0 aliphatic heterocycles. The smallest absolute Gasteiger partial charge is 0.265 e. The monoisotopic (exact) mass is 657 g/mol. The van der Waals surface area contributed by atoms with Gasteiger partial charge in [0.2, 0.25) is 11.8 Å². The maximum Gasteiger partial charge on any atom is 0.265 e. The molecule has 0 saturated heterocycles. The fraction of sp³-hybridized carbons (Fsp3) is 0.286. The van der Waals surface area contributed by atoms with Gasteiger partial charge in [-0.1, -0.05) is 40.9 Å². The number of benzene rings is 3. The molecular weight excluding hydrogens is 629 g/mol. The molecule has 42 heavy (non-hydrogen) atoms. The maximum absolute atomic E-state index is 14.2. The predicted molar refractivity (Wildman–Crippen MR) is 163 cm³/mol. The molecule has 226 valence electrons. The van der Waals surface area contributed by atoms with Crippen molar-refractivity contribution in [2.24, 2.45) is 0 Å². The minimum atomic E-state index is -4.45. The van der Waals surface area contributed by atoms with E-state index in [1.807, 2.05) is 0 Å². The molecule has 1 N–H and O–H groups in total. The summed E-state index contributed by atoms with van der Waals surface area (Å²) in [6.07, 6.45) is 0. The van der Waals surface area contributed by atoms with E-state index in [2.05, 4.69) is 5.32 Å². The second kappa shape index (κ2) is 14.2. The average molecular weight is 659 g/mol. The van der Waals surface area contributed by atoms with Crippen LogP contribution in [0.25, 0.3) is 0 Å². The third-order valence-corrected chi connectivity index (χ3v) is 9.11. The number of nitrogens with one attached hydrogen (secondary N) is 1. The molecule has 0 heterocycles. The largest absolute Gasteiger partial charge is 0.495 e. The molecule has 0 aliphatic carbocycles. The lowest BCUT2D eigenvalue weighted by Crippen LogP contribution is -2.50. The number of methoxy groups -OCH3 is 3. The lowest BCUT2D eigenvalue weighted by atomic mass is 10.1. The van der Waals surface area contributed by atoms with Gasteiger partial charge >= 0.3 is 0 Å². The summed E-state index contributed by atoms with van der Waals surface area (Å²) in [5.41, 5.74) is 0.582. The summed E-state index contributed by atoms with van der Waals surface area (Å²) in [4.78, 5) is 27.7. The van der Waals surface area contributed by atoms with Crippen molar-refractivity contribution in [1.29, 1.82) is 0 Å². The van der Waals surface area contributed by atoms with Gasteiger partial charge < -0.3 is 24.4 Å². The number of likely N-dealkylation sites (N-methyl/N-ethyl adjacent to an activating group) is 1. The van der Waals surface area contributed by atoms with Gasteiger partial charge in [0.1, 0.15) is 18.3 Å². The van der Waals surface area contributed by atoms with Crippen molar-refractivity contribution in [2.75, 3.05) is 39.2 Å². The summed E-state index contributed by atoms with van der Waals surface area (Å²) in [7, 11) is 1.14. The zero-order valence-corrected chi connectivity index (χ0v) is 26.6. The molecule has 0 aromatic heterocycles. The van der Waals surface area contributed by atoms with Crippen molar-refractivity contribution in [2.45, 2.75) is 24.4 Å². The van der Waals surface area contributed by atoms with Gasteiger partial charge in [0, 0.05) is 24.7 Å². The molecule has 0 bridgehead atoms. The minimum absolute atomic E-state index is 0.00946. The Morgan fingerprint density at radius 1 is 0.857 bits per heavy atom. The third kappa shape index (κ3) is 7.33. The minimum Gasteiger partial charge on any atom is -0.495 e. The molecule has 0 fully saturated rings. The van der Waals surface area contributed by atoms with E-state index in [1.54, 1.807) is 18.2 Å². The van der Waals surface area contributed by atoms with Crippen LogP contribution in [0.2, 0.25) is 15.1 Å². The van der Waals surface area contributed by atoms with Crippen LogP contribution in [0.5, 0.6) is 17.2 Å².